The van der Waals surface area contributed by atoms with Gasteiger partial charge in [-0.3, -0.25) is 9.59 Å². The number of likely N-dealkylation sites (N-methyl/N-ethyl adjacent to an activating group) is 1. The Kier molecular flexibility index (Phi) is 9.70. The minimum absolute atomic E-state index is 0.0234. The Morgan fingerprint density at radius 3 is 2.42 bits per heavy atom. The summed E-state index contributed by atoms with van der Waals surface area (Å²) in [7, 11) is -1.05. The zero-order chi connectivity index (χ0) is 24.6. The van der Waals surface area contributed by atoms with Crippen molar-refractivity contribution in [3.63, 3.8) is 0 Å². The molecule has 2 rings (SSSR count). The Morgan fingerprint density at radius 2 is 1.82 bits per heavy atom. The van der Waals surface area contributed by atoms with Crippen molar-refractivity contribution in [1.82, 2.24) is 14.5 Å². The molecule has 0 unspecified atom stereocenters. The number of hydrogen-bond acceptors (Lipinski definition) is 5. The van der Waals surface area contributed by atoms with Crippen LogP contribution in [-0.2, 0) is 26.2 Å². The first-order valence-corrected chi connectivity index (χ1v) is 12.3. The van der Waals surface area contributed by atoms with Gasteiger partial charge in [0, 0.05) is 25.2 Å². The number of carbonyl (C=O) groups is 2. The van der Waals surface area contributed by atoms with E-state index in [1.54, 1.807) is 32.2 Å². The number of hydrogen-bond donors (Lipinski definition) is 1. The fourth-order valence-corrected chi connectivity index (χ4v) is 4.35. The molecule has 2 aromatic rings. The van der Waals surface area contributed by atoms with Crippen molar-refractivity contribution in [1.29, 1.82) is 0 Å². The van der Waals surface area contributed by atoms with E-state index >= 15 is 0 Å². The molecular formula is C23H30ClN3O5S. The Morgan fingerprint density at radius 1 is 1.15 bits per heavy atom. The summed E-state index contributed by atoms with van der Waals surface area (Å²) in [6.45, 7) is 3.72. The number of amides is 2. The highest BCUT2D eigenvalue weighted by atomic mass is 35.5. The molecule has 2 amide bonds. The molecule has 10 heteroatoms. The third-order valence-corrected chi connectivity index (χ3v) is 7.15. The number of sulfonamides is 1. The third-order valence-electron chi connectivity index (χ3n) is 5.08. The molecule has 0 radical (unpaired) electrons. The van der Waals surface area contributed by atoms with Crippen LogP contribution < -0.4 is 10.1 Å². The van der Waals surface area contributed by atoms with Gasteiger partial charge in [0.05, 0.1) is 18.6 Å². The average Bonchev–Trinajstić information content (AvgIpc) is 2.80. The maximum Gasteiger partial charge on any atom is 0.243 e. The van der Waals surface area contributed by atoms with Gasteiger partial charge in [-0.05, 0) is 55.3 Å². The van der Waals surface area contributed by atoms with Crippen molar-refractivity contribution in [2.24, 2.45) is 0 Å². The Labute approximate surface area is 200 Å². The summed E-state index contributed by atoms with van der Waals surface area (Å²) in [6, 6.07) is 12.1. The van der Waals surface area contributed by atoms with Crippen LogP contribution in [0.1, 0.15) is 25.8 Å². The quantitative estimate of drug-likeness (QED) is 0.517. The SMILES string of the molecule is CCCNC(=O)[C@H](C)N(Cc1cccc(OC)c1)C(=O)CN(C)S(=O)(=O)c1ccc(Cl)cc1. The molecular weight excluding hydrogens is 466 g/mol. The van der Waals surface area contributed by atoms with Crippen LogP contribution in [-0.4, -0.2) is 62.7 Å². The van der Waals surface area contributed by atoms with E-state index in [-0.39, 0.29) is 17.3 Å². The van der Waals surface area contributed by atoms with Gasteiger partial charge >= 0.3 is 0 Å². The Hall–Kier alpha value is -2.62. The molecule has 2 aromatic carbocycles. The summed E-state index contributed by atoms with van der Waals surface area (Å²) in [5, 5.41) is 3.20. The molecule has 0 heterocycles. The molecule has 33 heavy (non-hydrogen) atoms. The fraction of sp³-hybridized carbons (Fsp3) is 0.391. The van der Waals surface area contributed by atoms with Crippen LogP contribution in [0.25, 0.3) is 0 Å². The smallest absolute Gasteiger partial charge is 0.243 e. The minimum Gasteiger partial charge on any atom is -0.497 e. The predicted molar refractivity (Wildman–Crippen MR) is 128 cm³/mol. The van der Waals surface area contributed by atoms with Crippen molar-refractivity contribution < 1.29 is 22.7 Å². The molecule has 8 nitrogen and oxygen atoms in total. The number of benzene rings is 2. The molecule has 0 bridgehead atoms. The lowest BCUT2D eigenvalue weighted by Crippen LogP contribution is -2.50. The van der Waals surface area contributed by atoms with E-state index in [1.807, 2.05) is 13.0 Å². The van der Waals surface area contributed by atoms with Crippen molar-refractivity contribution in [2.45, 2.75) is 37.8 Å². The standard InChI is InChI=1S/C23H30ClN3O5S/c1-5-13-25-23(29)17(2)27(15-18-7-6-8-20(14-18)32-4)22(28)16-26(3)33(30,31)21-11-9-19(24)10-12-21/h6-12,14,17H,5,13,15-16H2,1-4H3,(H,25,29)/t17-/m0/s1. The van der Waals surface area contributed by atoms with Gasteiger partial charge < -0.3 is 15.0 Å². The van der Waals surface area contributed by atoms with Crippen LogP contribution in [0.5, 0.6) is 5.75 Å². The third kappa shape index (κ3) is 7.18. The highest BCUT2D eigenvalue weighted by molar-refractivity contribution is 7.89. The molecule has 0 saturated carbocycles. The van der Waals surface area contributed by atoms with Gasteiger partial charge in [-0.25, -0.2) is 8.42 Å². The first-order chi connectivity index (χ1) is 15.6. The summed E-state index contributed by atoms with van der Waals surface area (Å²) < 4.78 is 32.0. The zero-order valence-corrected chi connectivity index (χ0v) is 20.8. The summed E-state index contributed by atoms with van der Waals surface area (Å²) in [5.41, 5.74) is 0.751. The van der Waals surface area contributed by atoms with Crippen LogP contribution in [0.3, 0.4) is 0 Å². The molecule has 0 saturated heterocycles. The van der Waals surface area contributed by atoms with Gasteiger partial charge in [-0.1, -0.05) is 30.7 Å². The van der Waals surface area contributed by atoms with Crippen LogP contribution >= 0.6 is 11.6 Å². The van der Waals surface area contributed by atoms with Gasteiger partial charge in [0.25, 0.3) is 0 Å². The lowest BCUT2D eigenvalue weighted by atomic mass is 10.1. The summed E-state index contributed by atoms with van der Waals surface area (Å²) in [5.74, 6) is -0.196. The number of nitrogens with zero attached hydrogens (tertiary/aromatic N) is 2. The van der Waals surface area contributed by atoms with Crippen molar-refractivity contribution >= 4 is 33.4 Å². The molecule has 0 spiro atoms. The molecule has 1 N–H and O–H groups in total. The lowest BCUT2D eigenvalue weighted by Gasteiger charge is -2.30. The van der Waals surface area contributed by atoms with E-state index in [4.69, 9.17) is 16.3 Å². The summed E-state index contributed by atoms with van der Waals surface area (Å²) >= 11 is 5.85. The van der Waals surface area contributed by atoms with Crippen LogP contribution in [0, 0.1) is 0 Å². The second-order valence-electron chi connectivity index (χ2n) is 7.56. The first-order valence-electron chi connectivity index (χ1n) is 10.5. The van der Waals surface area contributed by atoms with Gasteiger partial charge in [-0.2, -0.15) is 4.31 Å². The normalized spacial score (nSPS) is 12.3. The molecule has 0 aliphatic heterocycles. The number of carbonyl (C=O) groups excluding carboxylic acids is 2. The Bertz CT molecular complexity index is 1060. The van der Waals surface area contributed by atoms with Crippen LogP contribution in [0.15, 0.2) is 53.4 Å². The second-order valence-corrected chi connectivity index (χ2v) is 10.0. The lowest BCUT2D eigenvalue weighted by molar-refractivity contribution is -0.140. The van der Waals surface area contributed by atoms with E-state index in [0.717, 1.165) is 16.3 Å². The molecule has 180 valence electrons. The van der Waals surface area contributed by atoms with Crippen molar-refractivity contribution in [2.75, 3.05) is 27.2 Å². The van der Waals surface area contributed by atoms with E-state index in [0.29, 0.717) is 17.3 Å². The number of methoxy groups -OCH3 is 1. The fourth-order valence-electron chi connectivity index (χ4n) is 3.10. The molecule has 1 atom stereocenters. The minimum atomic E-state index is -3.92. The number of halogens is 1. The molecule has 0 aromatic heterocycles. The van der Waals surface area contributed by atoms with Crippen molar-refractivity contribution in [3.8, 4) is 5.75 Å². The van der Waals surface area contributed by atoms with Gasteiger partial charge in [0.2, 0.25) is 21.8 Å². The van der Waals surface area contributed by atoms with Gasteiger partial charge in [0.15, 0.2) is 0 Å². The average molecular weight is 496 g/mol. The second kappa shape index (κ2) is 12.0. The predicted octanol–water partition coefficient (Wildman–Crippen LogP) is 2.91. The van der Waals surface area contributed by atoms with E-state index in [9.17, 15) is 18.0 Å². The maximum absolute atomic E-state index is 13.3. The largest absolute Gasteiger partial charge is 0.497 e. The van der Waals surface area contributed by atoms with Crippen LogP contribution in [0.2, 0.25) is 5.02 Å². The van der Waals surface area contributed by atoms with E-state index in [2.05, 4.69) is 5.32 Å². The summed E-state index contributed by atoms with van der Waals surface area (Å²) in [6.07, 6.45) is 0.754. The monoisotopic (exact) mass is 495 g/mol. The number of rotatable bonds is 11. The number of nitrogens with one attached hydrogen (secondary N) is 1. The van der Waals surface area contributed by atoms with Crippen LogP contribution in [0.4, 0.5) is 0 Å². The summed E-state index contributed by atoms with van der Waals surface area (Å²) in [4.78, 5) is 27.3. The maximum atomic E-state index is 13.3. The topological polar surface area (TPSA) is 96.0 Å². The Balaban J connectivity index is 2.27. The highest BCUT2D eigenvalue weighted by Gasteiger charge is 2.30. The highest BCUT2D eigenvalue weighted by Crippen LogP contribution is 2.19. The van der Waals surface area contributed by atoms with Crippen molar-refractivity contribution in [3.05, 3.63) is 59.1 Å². The van der Waals surface area contributed by atoms with E-state index in [1.165, 1.54) is 36.2 Å². The molecule has 0 fully saturated rings. The van der Waals surface area contributed by atoms with E-state index < -0.39 is 28.5 Å². The van der Waals surface area contributed by atoms with Gasteiger partial charge in [-0.15, -0.1) is 0 Å². The zero-order valence-electron chi connectivity index (χ0n) is 19.2. The molecule has 0 aliphatic rings. The number of ether oxygens (including phenoxy) is 1. The molecule has 0 aliphatic carbocycles. The first kappa shape index (κ1) is 26.6. The van der Waals surface area contributed by atoms with Gasteiger partial charge in [0.1, 0.15) is 11.8 Å².